The Morgan fingerprint density at radius 1 is 1.44 bits per heavy atom. The fraction of sp³-hybridized carbons (Fsp3) is 0.364. The van der Waals surface area contributed by atoms with Crippen LogP contribution < -0.4 is 11.1 Å². The van der Waals surface area contributed by atoms with Crippen LogP contribution in [0.1, 0.15) is 12.0 Å². The molecule has 1 aromatic rings. The molecule has 5 heteroatoms. The van der Waals surface area contributed by atoms with Gasteiger partial charge in [0.25, 0.3) is 0 Å². The Labute approximate surface area is 104 Å². The van der Waals surface area contributed by atoms with Crippen molar-refractivity contribution in [2.45, 2.75) is 6.42 Å². The molecule has 0 aliphatic carbocycles. The van der Waals surface area contributed by atoms with E-state index in [9.17, 15) is 4.21 Å². The largest absolute Gasteiger partial charge is 0.389 e. The molecule has 0 spiro atoms. The second kappa shape index (κ2) is 6.60. The number of nitrogens with two attached hydrogens (primary N) is 1. The van der Waals surface area contributed by atoms with Gasteiger partial charge in [0.05, 0.1) is 0 Å². The maximum Gasteiger partial charge on any atom is 0.103 e. The van der Waals surface area contributed by atoms with Gasteiger partial charge in [-0.15, -0.1) is 0 Å². The normalized spacial score (nSPS) is 12.1. The molecule has 3 N–H and O–H groups in total. The van der Waals surface area contributed by atoms with E-state index in [1.165, 1.54) is 0 Å². The minimum atomic E-state index is -0.707. The van der Waals surface area contributed by atoms with Gasteiger partial charge in [-0.05, 0) is 30.7 Å². The van der Waals surface area contributed by atoms with E-state index in [4.69, 9.17) is 18.0 Å². The van der Waals surface area contributed by atoms with E-state index in [0.717, 1.165) is 30.0 Å². The third kappa shape index (κ3) is 4.72. The van der Waals surface area contributed by atoms with Crippen LogP contribution in [0.15, 0.2) is 24.3 Å². The first-order chi connectivity index (χ1) is 7.59. The van der Waals surface area contributed by atoms with Crippen LogP contribution >= 0.6 is 12.2 Å². The Morgan fingerprint density at radius 2 is 2.06 bits per heavy atom. The lowest BCUT2D eigenvalue weighted by Crippen LogP contribution is -2.09. The van der Waals surface area contributed by atoms with Crippen molar-refractivity contribution >= 4 is 33.7 Å². The van der Waals surface area contributed by atoms with Gasteiger partial charge in [-0.25, -0.2) is 0 Å². The Balaban J connectivity index is 2.38. The average molecular weight is 256 g/mol. The van der Waals surface area contributed by atoms with Gasteiger partial charge in [-0.1, -0.05) is 12.2 Å². The first kappa shape index (κ1) is 13.1. The maximum absolute atomic E-state index is 10.8. The molecule has 88 valence electrons. The van der Waals surface area contributed by atoms with Crippen LogP contribution in [0.5, 0.6) is 0 Å². The summed E-state index contributed by atoms with van der Waals surface area (Å²) in [5.74, 6) is 0.734. The molecule has 0 bridgehead atoms. The molecule has 0 fully saturated rings. The molecule has 1 unspecified atom stereocenters. The van der Waals surface area contributed by atoms with E-state index < -0.39 is 10.8 Å². The fourth-order valence-corrected chi connectivity index (χ4v) is 1.95. The molecule has 0 aliphatic rings. The molecular formula is C11H16N2OS2. The summed E-state index contributed by atoms with van der Waals surface area (Å²) in [6, 6.07) is 7.67. The molecule has 0 saturated carbocycles. The Bertz CT molecular complexity index is 376. The monoisotopic (exact) mass is 256 g/mol. The van der Waals surface area contributed by atoms with E-state index in [0.29, 0.717) is 4.99 Å². The van der Waals surface area contributed by atoms with E-state index in [-0.39, 0.29) is 0 Å². The Morgan fingerprint density at radius 3 is 2.56 bits per heavy atom. The Hall–Kier alpha value is -0.940. The van der Waals surface area contributed by atoms with Gasteiger partial charge in [0.1, 0.15) is 4.99 Å². The van der Waals surface area contributed by atoms with Crippen molar-refractivity contribution in [3.63, 3.8) is 0 Å². The van der Waals surface area contributed by atoms with Crippen LogP contribution in [0.25, 0.3) is 0 Å². The van der Waals surface area contributed by atoms with Crippen LogP contribution in [0, 0.1) is 0 Å². The van der Waals surface area contributed by atoms with Crippen molar-refractivity contribution in [1.29, 1.82) is 0 Å². The molecule has 1 atom stereocenters. The van der Waals surface area contributed by atoms with E-state index in [1.54, 1.807) is 6.26 Å². The van der Waals surface area contributed by atoms with Gasteiger partial charge in [0.2, 0.25) is 0 Å². The molecule has 16 heavy (non-hydrogen) atoms. The predicted octanol–water partition coefficient (Wildman–Crippen LogP) is 1.50. The Kier molecular flexibility index (Phi) is 5.42. The summed E-state index contributed by atoms with van der Waals surface area (Å²) in [5.41, 5.74) is 7.40. The highest BCUT2D eigenvalue weighted by Gasteiger charge is 1.96. The lowest BCUT2D eigenvalue weighted by molar-refractivity contribution is 0.685. The summed E-state index contributed by atoms with van der Waals surface area (Å²) in [4.78, 5) is 0.410. The maximum atomic E-state index is 10.8. The quantitative estimate of drug-likeness (QED) is 0.598. The molecular weight excluding hydrogens is 240 g/mol. The number of anilines is 1. The van der Waals surface area contributed by atoms with Gasteiger partial charge in [-0.3, -0.25) is 4.21 Å². The molecule has 1 rings (SSSR count). The highest BCUT2D eigenvalue weighted by atomic mass is 32.2. The van der Waals surface area contributed by atoms with Crippen LogP contribution in [-0.2, 0) is 10.8 Å². The third-order valence-corrected chi connectivity index (χ3v) is 3.21. The highest BCUT2D eigenvalue weighted by Crippen LogP contribution is 2.09. The van der Waals surface area contributed by atoms with Gasteiger partial charge >= 0.3 is 0 Å². The zero-order chi connectivity index (χ0) is 12.0. The van der Waals surface area contributed by atoms with E-state index in [1.807, 2.05) is 24.3 Å². The van der Waals surface area contributed by atoms with Crippen LogP contribution in [0.2, 0.25) is 0 Å². The first-order valence-corrected chi connectivity index (χ1v) is 7.17. The van der Waals surface area contributed by atoms with Gasteiger partial charge in [0, 0.05) is 40.6 Å². The SMILES string of the molecule is CS(=O)CCCNc1ccc(C(N)=S)cc1. The minimum Gasteiger partial charge on any atom is -0.389 e. The molecule has 0 amide bonds. The number of hydrogen-bond acceptors (Lipinski definition) is 3. The minimum absolute atomic E-state index is 0.410. The lowest BCUT2D eigenvalue weighted by Gasteiger charge is -2.06. The molecule has 0 aliphatic heterocycles. The number of benzene rings is 1. The van der Waals surface area contributed by atoms with Crippen molar-refractivity contribution in [1.82, 2.24) is 0 Å². The number of thiocarbonyl (C=S) groups is 1. The summed E-state index contributed by atoms with van der Waals surface area (Å²) in [7, 11) is -0.707. The predicted molar refractivity (Wildman–Crippen MR) is 74.4 cm³/mol. The topological polar surface area (TPSA) is 55.1 Å². The van der Waals surface area contributed by atoms with Crippen molar-refractivity contribution < 1.29 is 4.21 Å². The summed E-state index contributed by atoms with van der Waals surface area (Å²) in [6.45, 7) is 0.825. The van der Waals surface area contributed by atoms with Gasteiger partial charge in [0.15, 0.2) is 0 Å². The average Bonchev–Trinajstić information content (AvgIpc) is 2.25. The van der Waals surface area contributed by atoms with E-state index >= 15 is 0 Å². The second-order valence-corrected chi connectivity index (χ2v) is 5.49. The van der Waals surface area contributed by atoms with Crippen molar-refractivity contribution in [3.05, 3.63) is 29.8 Å². The first-order valence-electron chi connectivity index (χ1n) is 5.03. The standard InChI is InChI=1S/C11H16N2OS2/c1-16(14)8-2-7-13-10-5-3-9(4-6-10)11(12)15/h3-6,13H,2,7-8H2,1H3,(H2,12,15). The summed E-state index contributed by atoms with van der Waals surface area (Å²) in [5, 5.41) is 3.25. The molecule has 0 radical (unpaired) electrons. The summed E-state index contributed by atoms with van der Waals surface area (Å²) >= 11 is 4.86. The number of rotatable bonds is 6. The van der Waals surface area contributed by atoms with Crippen molar-refractivity contribution in [2.75, 3.05) is 23.9 Å². The summed E-state index contributed by atoms with van der Waals surface area (Å²) in [6.07, 6.45) is 2.62. The third-order valence-electron chi connectivity index (χ3n) is 2.11. The zero-order valence-corrected chi connectivity index (χ0v) is 10.9. The van der Waals surface area contributed by atoms with Crippen molar-refractivity contribution in [3.8, 4) is 0 Å². The number of hydrogen-bond donors (Lipinski definition) is 2. The van der Waals surface area contributed by atoms with Crippen LogP contribution in [0.3, 0.4) is 0 Å². The highest BCUT2D eigenvalue weighted by molar-refractivity contribution is 7.84. The lowest BCUT2D eigenvalue weighted by atomic mass is 10.2. The van der Waals surface area contributed by atoms with Crippen LogP contribution in [0.4, 0.5) is 5.69 Å². The van der Waals surface area contributed by atoms with Crippen LogP contribution in [-0.4, -0.2) is 27.8 Å². The number of nitrogens with one attached hydrogen (secondary N) is 1. The van der Waals surface area contributed by atoms with Gasteiger partial charge < -0.3 is 11.1 Å². The molecule has 0 heterocycles. The summed E-state index contributed by atoms with van der Waals surface area (Å²) < 4.78 is 10.8. The fourth-order valence-electron chi connectivity index (χ4n) is 1.26. The zero-order valence-electron chi connectivity index (χ0n) is 9.23. The van der Waals surface area contributed by atoms with E-state index in [2.05, 4.69) is 5.32 Å². The second-order valence-electron chi connectivity index (χ2n) is 3.50. The van der Waals surface area contributed by atoms with Gasteiger partial charge in [-0.2, -0.15) is 0 Å². The molecule has 0 saturated heterocycles. The van der Waals surface area contributed by atoms with Crippen molar-refractivity contribution in [2.24, 2.45) is 5.73 Å². The molecule has 0 aromatic heterocycles. The molecule has 3 nitrogen and oxygen atoms in total. The molecule has 1 aromatic carbocycles. The smallest absolute Gasteiger partial charge is 0.103 e.